The molecule has 0 unspecified atom stereocenters. The van der Waals surface area contributed by atoms with E-state index in [0.29, 0.717) is 12.1 Å². The zero-order chi connectivity index (χ0) is 19.3. The number of hydrogen-bond acceptors (Lipinski definition) is 5. The Morgan fingerprint density at radius 3 is 2.42 bits per heavy atom. The maximum Gasteiger partial charge on any atom is 0.410 e. The summed E-state index contributed by atoms with van der Waals surface area (Å²) in [6.07, 6.45) is 1.76. The van der Waals surface area contributed by atoms with E-state index < -0.39 is 5.60 Å². The van der Waals surface area contributed by atoms with Crippen molar-refractivity contribution in [1.29, 1.82) is 0 Å². The second-order valence-corrected chi connectivity index (χ2v) is 7.79. The fraction of sp³-hybridized carbons (Fsp3) is 0.600. The lowest BCUT2D eigenvalue weighted by molar-refractivity contribution is -0.0276. The zero-order valence-electron chi connectivity index (χ0n) is 16.3. The number of amides is 1. The molecule has 1 N–H and O–H groups in total. The number of nitrogens with zero attached hydrogens (tertiary/aromatic N) is 2. The van der Waals surface area contributed by atoms with Gasteiger partial charge in [0.1, 0.15) is 5.60 Å². The summed E-state index contributed by atoms with van der Waals surface area (Å²) in [5.74, 6) is 0.0793. The van der Waals surface area contributed by atoms with Gasteiger partial charge >= 0.3 is 6.09 Å². The molecule has 1 aromatic carbocycles. The van der Waals surface area contributed by atoms with E-state index in [2.05, 4.69) is 5.16 Å². The third-order valence-corrected chi connectivity index (χ3v) is 4.80. The van der Waals surface area contributed by atoms with Gasteiger partial charge in [-0.3, -0.25) is 0 Å². The van der Waals surface area contributed by atoms with Gasteiger partial charge in [0.25, 0.3) is 0 Å². The fourth-order valence-electron chi connectivity index (χ4n) is 3.51. The molecule has 0 spiro atoms. The largest absolute Gasteiger partial charge is 0.444 e. The summed E-state index contributed by atoms with van der Waals surface area (Å²) in [5, 5.41) is 13.1. The molecule has 1 aromatic rings. The first-order valence-electron chi connectivity index (χ1n) is 9.02. The Bertz CT molecular complexity index is 624. The number of rotatable bonds is 4. The maximum absolute atomic E-state index is 12.4. The first kappa shape index (κ1) is 20.2. The third-order valence-electron chi connectivity index (χ3n) is 4.80. The molecule has 1 amide bonds. The second-order valence-electron chi connectivity index (χ2n) is 7.79. The molecule has 1 saturated carbocycles. The van der Waals surface area contributed by atoms with Crippen molar-refractivity contribution in [1.82, 2.24) is 4.90 Å². The zero-order valence-corrected chi connectivity index (χ0v) is 16.3. The summed E-state index contributed by atoms with van der Waals surface area (Å²) in [4.78, 5) is 14.0. The molecule has 26 heavy (non-hydrogen) atoms. The molecule has 144 valence electrons. The fourth-order valence-corrected chi connectivity index (χ4v) is 3.51. The van der Waals surface area contributed by atoms with Crippen molar-refractivity contribution in [2.45, 2.75) is 57.8 Å². The van der Waals surface area contributed by atoms with Crippen molar-refractivity contribution in [3.63, 3.8) is 0 Å². The first-order chi connectivity index (χ1) is 12.3. The van der Waals surface area contributed by atoms with Crippen LogP contribution in [0.15, 0.2) is 35.5 Å². The van der Waals surface area contributed by atoms with E-state index in [9.17, 15) is 10.0 Å². The van der Waals surface area contributed by atoms with Crippen molar-refractivity contribution in [3.8, 4) is 0 Å². The summed E-state index contributed by atoms with van der Waals surface area (Å²) in [6, 6.07) is 9.60. The standard InChI is InChI=1S/C20H30N2O4/c1-20(2,3)26-19(23)22(4)16-12-11-15(13-17(16)25-5)18(21-24)14-9-7-6-8-10-14/h6-10,15-17,24H,11-13H2,1-5H3/b21-18+/t15-,16+,17+/m0/s1. The van der Waals surface area contributed by atoms with Crippen LogP contribution in [0.1, 0.15) is 45.6 Å². The van der Waals surface area contributed by atoms with Gasteiger partial charge in [-0.25, -0.2) is 4.79 Å². The average molecular weight is 362 g/mol. The number of oxime groups is 1. The van der Waals surface area contributed by atoms with Crippen LogP contribution in [0, 0.1) is 5.92 Å². The summed E-state index contributed by atoms with van der Waals surface area (Å²) >= 11 is 0. The molecule has 3 atom stereocenters. The number of carbonyl (C=O) groups is 1. The number of likely N-dealkylation sites (N-methyl/N-ethyl adjacent to an activating group) is 1. The Morgan fingerprint density at radius 2 is 1.88 bits per heavy atom. The first-order valence-corrected chi connectivity index (χ1v) is 9.02. The van der Waals surface area contributed by atoms with Gasteiger partial charge in [0.15, 0.2) is 0 Å². The Hall–Kier alpha value is -2.08. The van der Waals surface area contributed by atoms with E-state index in [-0.39, 0.29) is 24.2 Å². The Morgan fingerprint density at radius 1 is 1.23 bits per heavy atom. The topological polar surface area (TPSA) is 71.4 Å². The lowest BCUT2D eigenvalue weighted by Gasteiger charge is -2.40. The molecule has 0 bridgehead atoms. The van der Waals surface area contributed by atoms with Crippen LogP contribution in [-0.4, -0.2) is 53.8 Å². The molecule has 2 rings (SSSR count). The molecule has 0 radical (unpaired) electrons. The summed E-state index contributed by atoms with van der Waals surface area (Å²) < 4.78 is 11.2. The van der Waals surface area contributed by atoms with Crippen LogP contribution in [0.4, 0.5) is 4.79 Å². The molecule has 1 fully saturated rings. The molecule has 6 heteroatoms. The summed E-state index contributed by atoms with van der Waals surface area (Å²) in [6.45, 7) is 5.56. The summed E-state index contributed by atoms with van der Waals surface area (Å²) in [7, 11) is 3.41. The number of ether oxygens (including phenoxy) is 2. The van der Waals surface area contributed by atoms with Crippen molar-refractivity contribution < 1.29 is 19.5 Å². The highest BCUT2D eigenvalue weighted by molar-refractivity contribution is 6.01. The van der Waals surface area contributed by atoms with Crippen molar-refractivity contribution in [2.75, 3.05) is 14.2 Å². The van der Waals surface area contributed by atoms with Gasteiger partial charge < -0.3 is 19.6 Å². The van der Waals surface area contributed by atoms with E-state index in [1.807, 2.05) is 51.1 Å². The van der Waals surface area contributed by atoms with Crippen LogP contribution in [0.25, 0.3) is 0 Å². The van der Waals surface area contributed by atoms with Crippen LogP contribution in [-0.2, 0) is 9.47 Å². The Kier molecular flexibility index (Phi) is 6.64. The van der Waals surface area contributed by atoms with Crippen LogP contribution >= 0.6 is 0 Å². The quantitative estimate of drug-likeness (QED) is 0.501. The Labute approximate surface area is 155 Å². The van der Waals surface area contributed by atoms with E-state index in [0.717, 1.165) is 18.4 Å². The van der Waals surface area contributed by atoms with Crippen LogP contribution < -0.4 is 0 Å². The smallest absolute Gasteiger partial charge is 0.410 e. The Balaban J connectivity index is 2.09. The van der Waals surface area contributed by atoms with E-state index in [4.69, 9.17) is 9.47 Å². The predicted molar refractivity (Wildman–Crippen MR) is 101 cm³/mol. The maximum atomic E-state index is 12.4. The molecule has 0 saturated heterocycles. The predicted octanol–water partition coefficient (Wildman–Crippen LogP) is 3.92. The molecule has 6 nitrogen and oxygen atoms in total. The lowest BCUT2D eigenvalue weighted by Crippen LogP contribution is -2.50. The number of benzene rings is 1. The highest BCUT2D eigenvalue weighted by Crippen LogP contribution is 2.32. The van der Waals surface area contributed by atoms with Gasteiger partial charge in [-0.2, -0.15) is 0 Å². The normalized spacial score (nSPS) is 24.2. The van der Waals surface area contributed by atoms with Crippen LogP contribution in [0.3, 0.4) is 0 Å². The molecular formula is C20H30N2O4. The lowest BCUT2D eigenvalue weighted by atomic mass is 9.79. The van der Waals surface area contributed by atoms with Crippen LogP contribution in [0.5, 0.6) is 0 Å². The number of carbonyl (C=O) groups excluding carboxylic acids is 1. The molecule has 0 aromatic heterocycles. The molecule has 1 aliphatic rings. The van der Waals surface area contributed by atoms with Gasteiger partial charge in [0.05, 0.1) is 17.9 Å². The van der Waals surface area contributed by atoms with Gasteiger partial charge in [0, 0.05) is 20.1 Å². The molecule has 1 aliphatic carbocycles. The highest BCUT2D eigenvalue weighted by Gasteiger charge is 2.38. The van der Waals surface area contributed by atoms with Crippen LogP contribution in [0.2, 0.25) is 0 Å². The monoisotopic (exact) mass is 362 g/mol. The van der Waals surface area contributed by atoms with E-state index in [1.165, 1.54) is 0 Å². The van der Waals surface area contributed by atoms with Gasteiger partial charge in [0.2, 0.25) is 0 Å². The minimum Gasteiger partial charge on any atom is -0.444 e. The van der Waals surface area contributed by atoms with Crippen molar-refractivity contribution >= 4 is 11.8 Å². The van der Waals surface area contributed by atoms with E-state index in [1.54, 1.807) is 19.1 Å². The molecule has 0 aliphatic heterocycles. The van der Waals surface area contributed by atoms with Gasteiger partial charge in [-0.15, -0.1) is 0 Å². The van der Waals surface area contributed by atoms with Crippen molar-refractivity contribution in [3.05, 3.63) is 35.9 Å². The second kappa shape index (κ2) is 8.54. The minimum absolute atomic E-state index is 0.0678. The van der Waals surface area contributed by atoms with Gasteiger partial charge in [-0.05, 0) is 45.6 Å². The summed E-state index contributed by atoms with van der Waals surface area (Å²) in [5.41, 5.74) is 1.05. The van der Waals surface area contributed by atoms with E-state index >= 15 is 0 Å². The number of methoxy groups -OCH3 is 1. The third kappa shape index (κ3) is 4.97. The molecule has 0 heterocycles. The van der Waals surface area contributed by atoms with Crippen molar-refractivity contribution in [2.24, 2.45) is 11.1 Å². The highest BCUT2D eigenvalue weighted by atomic mass is 16.6. The SMILES string of the molecule is CO[C@@H]1C[C@@H](/C(=N/O)c2ccccc2)CC[C@H]1N(C)C(=O)OC(C)(C)C. The average Bonchev–Trinajstić information content (AvgIpc) is 2.61. The van der Waals surface area contributed by atoms with Gasteiger partial charge in [-0.1, -0.05) is 35.5 Å². The number of hydrogen-bond donors (Lipinski definition) is 1. The molecular weight excluding hydrogens is 332 g/mol. The minimum atomic E-state index is -0.533.